The SMILES string of the molecule is [CH2]C([CH2])n1ccc2c([N+](=O)[O-])cccc2c1=O. The Morgan fingerprint density at radius 2 is 1.94 bits per heavy atom. The number of nitro benzene ring substituents is 1. The first-order chi connectivity index (χ1) is 8.02. The van der Waals surface area contributed by atoms with E-state index in [4.69, 9.17) is 0 Å². The molecular formula is C12H10N2O3. The number of nitro groups is 1. The van der Waals surface area contributed by atoms with Gasteiger partial charge >= 0.3 is 0 Å². The second-order valence-corrected chi connectivity index (χ2v) is 3.68. The standard InChI is InChI=1S/C12H10N2O3/c1-8(2)13-7-6-9-10(12(13)15)4-3-5-11(9)14(16)17/h3-8H,1-2H2. The second-order valence-electron chi connectivity index (χ2n) is 3.68. The summed E-state index contributed by atoms with van der Waals surface area (Å²) in [5.41, 5.74) is -0.391. The number of benzene rings is 1. The lowest BCUT2D eigenvalue weighted by molar-refractivity contribution is -0.383. The van der Waals surface area contributed by atoms with Gasteiger partial charge in [0.25, 0.3) is 11.2 Å². The maximum Gasteiger partial charge on any atom is 0.277 e. The molecule has 0 aliphatic heterocycles. The number of aromatic nitrogens is 1. The first kappa shape index (κ1) is 11.3. The molecule has 5 heteroatoms. The van der Waals surface area contributed by atoms with E-state index in [0.717, 1.165) is 0 Å². The van der Waals surface area contributed by atoms with Crippen LogP contribution in [-0.2, 0) is 0 Å². The van der Waals surface area contributed by atoms with Crippen LogP contribution in [0.1, 0.15) is 6.04 Å². The van der Waals surface area contributed by atoms with Crippen LogP contribution >= 0.6 is 0 Å². The zero-order valence-corrected chi connectivity index (χ0v) is 9.00. The van der Waals surface area contributed by atoms with Crippen LogP contribution in [0.5, 0.6) is 0 Å². The molecule has 86 valence electrons. The smallest absolute Gasteiger partial charge is 0.277 e. The zero-order valence-electron chi connectivity index (χ0n) is 9.00. The minimum Gasteiger partial charge on any atom is -0.312 e. The Morgan fingerprint density at radius 1 is 1.24 bits per heavy atom. The summed E-state index contributed by atoms with van der Waals surface area (Å²) in [5.74, 6) is 0. The topological polar surface area (TPSA) is 65.1 Å². The molecular weight excluding hydrogens is 220 g/mol. The van der Waals surface area contributed by atoms with Crippen molar-refractivity contribution in [1.29, 1.82) is 0 Å². The van der Waals surface area contributed by atoms with Gasteiger partial charge in [0.2, 0.25) is 0 Å². The molecule has 2 radical (unpaired) electrons. The van der Waals surface area contributed by atoms with Crippen LogP contribution in [0.3, 0.4) is 0 Å². The Kier molecular flexibility index (Phi) is 2.67. The molecule has 0 bridgehead atoms. The van der Waals surface area contributed by atoms with Gasteiger partial charge in [-0.05, 0) is 26.0 Å². The summed E-state index contributed by atoms with van der Waals surface area (Å²) in [6, 6.07) is 5.50. The molecule has 0 amide bonds. The summed E-state index contributed by atoms with van der Waals surface area (Å²) in [4.78, 5) is 22.3. The average molecular weight is 230 g/mol. The van der Waals surface area contributed by atoms with Crippen molar-refractivity contribution in [2.24, 2.45) is 0 Å². The largest absolute Gasteiger partial charge is 0.312 e. The Bertz CT molecular complexity index is 644. The van der Waals surface area contributed by atoms with Crippen molar-refractivity contribution < 1.29 is 4.92 Å². The minimum atomic E-state index is -0.502. The van der Waals surface area contributed by atoms with E-state index >= 15 is 0 Å². The normalized spacial score (nSPS) is 11.0. The minimum absolute atomic E-state index is 0.0728. The third-order valence-electron chi connectivity index (χ3n) is 2.54. The third kappa shape index (κ3) is 1.80. The van der Waals surface area contributed by atoms with Crippen LogP contribution in [0.2, 0.25) is 0 Å². The van der Waals surface area contributed by atoms with Crippen molar-refractivity contribution in [1.82, 2.24) is 4.57 Å². The third-order valence-corrected chi connectivity index (χ3v) is 2.54. The molecule has 0 spiro atoms. The molecule has 0 unspecified atom stereocenters. The predicted octanol–water partition coefficient (Wildman–Crippen LogP) is 2.12. The number of fused-ring (bicyclic) bond motifs is 1. The molecule has 5 nitrogen and oxygen atoms in total. The molecule has 0 saturated heterocycles. The van der Waals surface area contributed by atoms with Gasteiger partial charge in [0.15, 0.2) is 0 Å². The quantitative estimate of drug-likeness (QED) is 0.586. The molecule has 1 heterocycles. The zero-order chi connectivity index (χ0) is 12.6. The summed E-state index contributed by atoms with van der Waals surface area (Å²) in [6.07, 6.45) is 1.47. The summed E-state index contributed by atoms with van der Waals surface area (Å²) < 4.78 is 1.34. The van der Waals surface area contributed by atoms with Crippen molar-refractivity contribution in [2.75, 3.05) is 0 Å². The highest BCUT2D eigenvalue weighted by Crippen LogP contribution is 2.22. The van der Waals surface area contributed by atoms with E-state index in [9.17, 15) is 14.9 Å². The van der Waals surface area contributed by atoms with E-state index in [-0.39, 0.29) is 11.2 Å². The molecule has 0 aliphatic carbocycles. The summed E-state index contributed by atoms with van der Waals surface area (Å²) in [6.45, 7) is 7.30. The van der Waals surface area contributed by atoms with Gasteiger partial charge in [-0.3, -0.25) is 14.9 Å². The van der Waals surface area contributed by atoms with E-state index < -0.39 is 11.0 Å². The number of hydrogen-bond acceptors (Lipinski definition) is 3. The lowest BCUT2D eigenvalue weighted by atomic mass is 10.1. The number of nitrogens with zero attached hydrogens (tertiary/aromatic N) is 2. The first-order valence-electron chi connectivity index (χ1n) is 4.97. The van der Waals surface area contributed by atoms with Crippen molar-refractivity contribution >= 4 is 16.5 Å². The number of rotatable bonds is 2. The maximum absolute atomic E-state index is 12.0. The molecule has 17 heavy (non-hydrogen) atoms. The van der Waals surface area contributed by atoms with Crippen LogP contribution in [0.25, 0.3) is 10.8 Å². The van der Waals surface area contributed by atoms with Crippen LogP contribution in [0, 0.1) is 24.0 Å². The summed E-state index contributed by atoms with van der Waals surface area (Å²) in [7, 11) is 0. The summed E-state index contributed by atoms with van der Waals surface area (Å²) >= 11 is 0. The maximum atomic E-state index is 12.0. The highest BCUT2D eigenvalue weighted by molar-refractivity contribution is 5.89. The van der Waals surface area contributed by atoms with Gasteiger partial charge in [-0.1, -0.05) is 6.07 Å². The lowest BCUT2D eigenvalue weighted by Gasteiger charge is -2.10. The molecule has 1 aromatic heterocycles. The van der Waals surface area contributed by atoms with Crippen molar-refractivity contribution in [3.8, 4) is 0 Å². The van der Waals surface area contributed by atoms with Gasteiger partial charge in [-0.15, -0.1) is 0 Å². The van der Waals surface area contributed by atoms with Crippen LogP contribution in [0.15, 0.2) is 35.3 Å². The Balaban J connectivity index is 2.86. The van der Waals surface area contributed by atoms with Gasteiger partial charge in [-0.2, -0.15) is 0 Å². The van der Waals surface area contributed by atoms with E-state index in [1.54, 1.807) is 6.07 Å². The van der Waals surface area contributed by atoms with Gasteiger partial charge < -0.3 is 4.57 Å². The highest BCUT2D eigenvalue weighted by Gasteiger charge is 2.14. The molecule has 0 atom stereocenters. The van der Waals surface area contributed by atoms with Crippen molar-refractivity contribution in [2.45, 2.75) is 6.04 Å². The van der Waals surface area contributed by atoms with E-state index in [1.807, 2.05) is 0 Å². The highest BCUT2D eigenvalue weighted by atomic mass is 16.6. The lowest BCUT2D eigenvalue weighted by Crippen LogP contribution is -2.21. The molecule has 0 aliphatic rings. The Hall–Kier alpha value is -2.17. The van der Waals surface area contributed by atoms with E-state index in [2.05, 4.69) is 13.8 Å². The van der Waals surface area contributed by atoms with Gasteiger partial charge in [0, 0.05) is 18.3 Å². The fraction of sp³-hybridized carbons (Fsp3) is 0.0833. The molecule has 0 N–H and O–H groups in total. The molecule has 2 rings (SSSR count). The van der Waals surface area contributed by atoms with Crippen molar-refractivity contribution in [3.63, 3.8) is 0 Å². The van der Waals surface area contributed by atoms with Crippen LogP contribution < -0.4 is 5.56 Å². The first-order valence-corrected chi connectivity index (χ1v) is 4.97. The fourth-order valence-corrected chi connectivity index (χ4v) is 1.72. The molecule has 1 aromatic carbocycles. The Labute approximate surface area is 97.5 Å². The van der Waals surface area contributed by atoms with Gasteiger partial charge in [0.1, 0.15) is 0 Å². The van der Waals surface area contributed by atoms with E-state index in [1.165, 1.54) is 29.0 Å². The fourth-order valence-electron chi connectivity index (χ4n) is 1.72. The van der Waals surface area contributed by atoms with Crippen molar-refractivity contribution in [3.05, 3.63) is 64.8 Å². The van der Waals surface area contributed by atoms with Crippen LogP contribution in [0.4, 0.5) is 5.69 Å². The summed E-state index contributed by atoms with van der Waals surface area (Å²) in [5, 5.41) is 11.5. The van der Waals surface area contributed by atoms with Crippen LogP contribution in [-0.4, -0.2) is 9.49 Å². The number of non-ortho nitro benzene ring substituents is 1. The average Bonchev–Trinajstić information content (AvgIpc) is 2.28. The van der Waals surface area contributed by atoms with Gasteiger partial charge in [0.05, 0.1) is 15.7 Å². The number of hydrogen-bond donors (Lipinski definition) is 0. The Morgan fingerprint density at radius 3 is 2.53 bits per heavy atom. The molecule has 0 saturated carbocycles. The number of pyridine rings is 1. The molecule has 0 fully saturated rings. The monoisotopic (exact) mass is 230 g/mol. The molecule has 2 aromatic rings. The van der Waals surface area contributed by atoms with E-state index in [0.29, 0.717) is 10.8 Å². The van der Waals surface area contributed by atoms with Gasteiger partial charge in [-0.25, -0.2) is 0 Å². The second kappa shape index (κ2) is 4.01. The predicted molar refractivity (Wildman–Crippen MR) is 64.6 cm³/mol.